The summed E-state index contributed by atoms with van der Waals surface area (Å²) in [5.41, 5.74) is 4.12. The van der Waals surface area contributed by atoms with Crippen molar-refractivity contribution in [1.29, 1.82) is 0 Å². The standard InChI is InChI=1S/C27H27ClN4O4S/c1-27(26(35)36)12-17(13-30-27)31-8-2-3-15-9-16(28)10-20(24(15)31)19-6-7-29-21-11-18(37-25(19)21)14-32-22(33)4-5-23(32)34/h6-7,9-11,17,30H,2-5,8,12-14H2,1H3,(H,35,36)/t17-,27-/m0/s1. The van der Waals surface area contributed by atoms with E-state index in [-0.39, 0.29) is 37.2 Å². The molecule has 0 aliphatic carbocycles. The van der Waals surface area contributed by atoms with E-state index in [2.05, 4.69) is 15.2 Å². The number of thiophene rings is 1. The zero-order valence-corrected chi connectivity index (χ0v) is 22.0. The Kier molecular flexibility index (Phi) is 5.97. The van der Waals surface area contributed by atoms with E-state index < -0.39 is 11.5 Å². The molecule has 3 aliphatic rings. The van der Waals surface area contributed by atoms with Crippen molar-refractivity contribution in [2.75, 3.05) is 18.0 Å². The van der Waals surface area contributed by atoms with Crippen molar-refractivity contribution in [3.8, 4) is 11.1 Å². The number of likely N-dealkylation sites (tertiary alicyclic amines) is 1. The number of carboxylic acids is 1. The van der Waals surface area contributed by atoms with Crippen LogP contribution in [0.15, 0.2) is 30.5 Å². The second kappa shape index (κ2) is 9.08. The maximum atomic E-state index is 12.2. The Hall–Kier alpha value is -3.01. The van der Waals surface area contributed by atoms with E-state index in [4.69, 9.17) is 11.6 Å². The van der Waals surface area contributed by atoms with Crippen molar-refractivity contribution in [3.63, 3.8) is 0 Å². The first-order valence-corrected chi connectivity index (χ1v) is 13.7. The van der Waals surface area contributed by atoms with Crippen molar-refractivity contribution in [2.24, 2.45) is 0 Å². The first kappa shape index (κ1) is 24.3. The molecule has 2 saturated heterocycles. The normalized spacial score (nSPS) is 23.8. The van der Waals surface area contributed by atoms with E-state index in [0.717, 1.165) is 56.9 Å². The summed E-state index contributed by atoms with van der Waals surface area (Å²) in [5.74, 6) is -1.09. The number of aromatic nitrogens is 1. The highest BCUT2D eigenvalue weighted by atomic mass is 35.5. The fraction of sp³-hybridized carbons (Fsp3) is 0.407. The molecule has 8 nitrogen and oxygen atoms in total. The van der Waals surface area contributed by atoms with Gasteiger partial charge in [0.15, 0.2) is 0 Å². The number of rotatable bonds is 5. The number of hydrogen-bond acceptors (Lipinski definition) is 7. The number of nitrogens with zero attached hydrogens (tertiary/aromatic N) is 3. The Balaban J connectivity index is 1.43. The van der Waals surface area contributed by atoms with Crippen LogP contribution in [-0.2, 0) is 27.3 Å². The monoisotopic (exact) mass is 538 g/mol. The minimum atomic E-state index is -0.952. The van der Waals surface area contributed by atoms with Gasteiger partial charge in [-0.05, 0) is 56.0 Å². The number of carbonyl (C=O) groups excluding carboxylic acids is 2. The topological polar surface area (TPSA) is 103 Å². The fourth-order valence-corrected chi connectivity index (χ4v) is 7.25. The van der Waals surface area contributed by atoms with Crippen LogP contribution in [0.5, 0.6) is 0 Å². The third-order valence-corrected chi connectivity index (χ3v) is 9.15. The van der Waals surface area contributed by atoms with E-state index >= 15 is 0 Å². The average molecular weight is 539 g/mol. The quantitative estimate of drug-likeness (QED) is 0.469. The third-order valence-electron chi connectivity index (χ3n) is 7.79. The van der Waals surface area contributed by atoms with Gasteiger partial charge in [0.25, 0.3) is 0 Å². The number of pyridine rings is 1. The lowest BCUT2D eigenvalue weighted by molar-refractivity contribution is -0.143. The number of carbonyl (C=O) groups is 3. The van der Waals surface area contributed by atoms with Crippen LogP contribution in [0.1, 0.15) is 43.0 Å². The van der Waals surface area contributed by atoms with Crippen molar-refractivity contribution < 1.29 is 19.5 Å². The predicted octanol–water partition coefficient (Wildman–Crippen LogP) is 4.22. The molecule has 10 heteroatoms. The number of benzene rings is 1. The van der Waals surface area contributed by atoms with Crippen LogP contribution in [0.4, 0.5) is 5.69 Å². The number of nitrogens with one attached hydrogen (secondary N) is 1. The molecule has 0 radical (unpaired) electrons. The largest absolute Gasteiger partial charge is 0.480 e. The molecule has 3 aromatic rings. The van der Waals surface area contributed by atoms with Crippen LogP contribution in [0.3, 0.4) is 0 Å². The van der Waals surface area contributed by atoms with E-state index in [9.17, 15) is 19.5 Å². The van der Waals surface area contributed by atoms with E-state index in [0.29, 0.717) is 18.0 Å². The number of fused-ring (bicyclic) bond motifs is 2. The molecule has 2 N–H and O–H groups in total. The zero-order chi connectivity index (χ0) is 25.9. The van der Waals surface area contributed by atoms with Gasteiger partial charge in [0.1, 0.15) is 5.54 Å². The molecule has 1 aromatic carbocycles. The molecule has 5 heterocycles. The first-order chi connectivity index (χ1) is 17.7. The van der Waals surface area contributed by atoms with Crippen LogP contribution in [0.2, 0.25) is 5.02 Å². The van der Waals surface area contributed by atoms with Gasteiger partial charge in [0.05, 0.1) is 16.8 Å². The molecule has 0 spiro atoms. The number of hydrogen-bond donors (Lipinski definition) is 2. The average Bonchev–Trinajstić information content (AvgIpc) is 3.56. The van der Waals surface area contributed by atoms with Crippen LogP contribution in [0.25, 0.3) is 21.3 Å². The lowest BCUT2D eigenvalue weighted by atomic mass is 9.91. The molecule has 0 bridgehead atoms. The summed E-state index contributed by atoms with van der Waals surface area (Å²) >= 11 is 8.17. The summed E-state index contributed by atoms with van der Waals surface area (Å²) in [6.07, 6.45) is 4.71. The molecule has 0 unspecified atom stereocenters. The number of aryl methyl sites for hydroxylation is 1. The summed E-state index contributed by atoms with van der Waals surface area (Å²) in [6.45, 7) is 3.45. The number of aliphatic carboxylic acids is 1. The second-order valence-electron chi connectivity index (χ2n) is 10.3. The van der Waals surface area contributed by atoms with E-state index in [1.165, 1.54) is 4.90 Å². The summed E-state index contributed by atoms with van der Waals surface area (Å²) < 4.78 is 0.978. The molecular weight excluding hydrogens is 512 g/mol. The molecule has 2 amide bonds. The smallest absolute Gasteiger partial charge is 0.323 e. The number of amides is 2. The number of imide groups is 1. The summed E-state index contributed by atoms with van der Waals surface area (Å²) in [4.78, 5) is 45.4. The van der Waals surface area contributed by atoms with Gasteiger partial charge in [-0.1, -0.05) is 11.6 Å². The van der Waals surface area contributed by atoms with E-state index in [1.807, 2.05) is 24.3 Å². The summed E-state index contributed by atoms with van der Waals surface area (Å²) in [6, 6.07) is 7.99. The molecule has 2 atom stereocenters. The lowest BCUT2D eigenvalue weighted by Gasteiger charge is -2.38. The molecule has 37 heavy (non-hydrogen) atoms. The van der Waals surface area contributed by atoms with Gasteiger partial charge in [-0.2, -0.15) is 0 Å². The molecule has 3 aliphatic heterocycles. The molecular formula is C27H27ClN4O4S. The van der Waals surface area contributed by atoms with Crippen LogP contribution in [-0.4, -0.2) is 57.4 Å². The van der Waals surface area contributed by atoms with Gasteiger partial charge >= 0.3 is 5.97 Å². The number of anilines is 1. The Morgan fingerprint density at radius 2 is 2.00 bits per heavy atom. The number of carboxylic acid groups (broad SMARTS) is 1. The highest BCUT2D eigenvalue weighted by Crippen LogP contribution is 2.45. The molecule has 6 rings (SSSR count). The number of halogens is 1. The Bertz CT molecular complexity index is 1440. The summed E-state index contributed by atoms with van der Waals surface area (Å²) in [5, 5.41) is 13.6. The van der Waals surface area contributed by atoms with Gasteiger partial charge in [0.2, 0.25) is 11.8 Å². The molecule has 0 saturated carbocycles. The van der Waals surface area contributed by atoms with Crippen molar-refractivity contribution >= 4 is 56.6 Å². The second-order valence-corrected chi connectivity index (χ2v) is 11.9. The fourth-order valence-electron chi connectivity index (χ4n) is 5.88. The van der Waals surface area contributed by atoms with Gasteiger partial charge < -0.3 is 10.0 Å². The van der Waals surface area contributed by atoms with Gasteiger partial charge in [-0.15, -0.1) is 11.3 Å². The Morgan fingerprint density at radius 1 is 1.22 bits per heavy atom. The van der Waals surface area contributed by atoms with Crippen LogP contribution >= 0.6 is 22.9 Å². The maximum absolute atomic E-state index is 12.2. The van der Waals surface area contributed by atoms with E-state index in [1.54, 1.807) is 24.5 Å². The molecule has 192 valence electrons. The zero-order valence-electron chi connectivity index (χ0n) is 20.4. The Labute approximate surface area is 223 Å². The van der Waals surface area contributed by atoms with Crippen molar-refractivity contribution in [3.05, 3.63) is 45.9 Å². The SMILES string of the molecule is C[C@@]1(C(=O)O)C[C@H](N2CCCc3cc(Cl)cc(-c4ccnc5cc(CN6C(=O)CCC6=O)sc45)c32)CN1. The van der Waals surface area contributed by atoms with Crippen LogP contribution < -0.4 is 10.2 Å². The highest BCUT2D eigenvalue weighted by molar-refractivity contribution is 7.19. The lowest BCUT2D eigenvalue weighted by Crippen LogP contribution is -2.44. The highest BCUT2D eigenvalue weighted by Gasteiger charge is 2.44. The van der Waals surface area contributed by atoms with Gasteiger partial charge in [-0.25, -0.2) is 0 Å². The van der Waals surface area contributed by atoms with Crippen molar-refractivity contribution in [1.82, 2.24) is 15.2 Å². The Morgan fingerprint density at radius 3 is 2.73 bits per heavy atom. The maximum Gasteiger partial charge on any atom is 0.323 e. The van der Waals surface area contributed by atoms with Gasteiger partial charge in [0, 0.05) is 64.9 Å². The minimum Gasteiger partial charge on any atom is -0.480 e. The third kappa shape index (κ3) is 4.19. The minimum absolute atomic E-state index is 0.0449. The molecule has 2 fully saturated rings. The molecule has 2 aromatic heterocycles. The van der Waals surface area contributed by atoms with Gasteiger partial charge in [-0.3, -0.25) is 29.6 Å². The predicted molar refractivity (Wildman–Crippen MR) is 143 cm³/mol. The first-order valence-electron chi connectivity index (χ1n) is 12.5. The van der Waals surface area contributed by atoms with Crippen LogP contribution in [0, 0.1) is 0 Å². The summed E-state index contributed by atoms with van der Waals surface area (Å²) in [7, 11) is 0. The van der Waals surface area contributed by atoms with Crippen molar-refractivity contribution in [2.45, 2.75) is 57.2 Å².